The molecule has 0 aliphatic heterocycles. The first-order valence-corrected chi connectivity index (χ1v) is 7.25. The van der Waals surface area contributed by atoms with Gasteiger partial charge in [-0.05, 0) is 30.7 Å². The number of likely N-dealkylation sites (N-methyl/N-ethyl adjacent to an activating group) is 1. The largest absolute Gasteiger partial charge is 0.382 e. The number of ether oxygens (including phenoxy) is 1. The minimum absolute atomic E-state index is 0.0560. The summed E-state index contributed by atoms with van der Waals surface area (Å²) in [4.78, 5) is 25.2. The Kier molecular flexibility index (Phi) is 7.51. The fraction of sp³-hybridized carbons (Fsp3) is 0.353. The molecule has 0 fully saturated rings. The molecular weight excluding hydrogens is 294 g/mol. The Bertz CT molecular complexity index is 607. The maximum atomic E-state index is 12.2. The van der Waals surface area contributed by atoms with Gasteiger partial charge in [-0.3, -0.25) is 9.59 Å². The summed E-state index contributed by atoms with van der Waals surface area (Å²) in [6.07, 6.45) is 1.18. The lowest BCUT2D eigenvalue weighted by molar-refractivity contribution is -0.132. The van der Waals surface area contributed by atoms with E-state index in [1.165, 1.54) is 18.1 Å². The zero-order valence-corrected chi connectivity index (χ0v) is 13.4. The minimum Gasteiger partial charge on any atom is -0.382 e. The van der Waals surface area contributed by atoms with Crippen LogP contribution in [0.15, 0.2) is 36.9 Å². The summed E-state index contributed by atoms with van der Waals surface area (Å²) in [6.45, 7) is 5.83. The number of hydrogen-bond donors (Lipinski definition) is 1. The lowest BCUT2D eigenvalue weighted by Crippen LogP contribution is -2.42. The molecule has 0 aliphatic carbocycles. The molecule has 1 N–H and O–H groups in total. The summed E-state index contributed by atoms with van der Waals surface area (Å²) in [7, 11) is 1.53. The highest BCUT2D eigenvalue weighted by atomic mass is 16.5. The molecule has 0 aliphatic rings. The van der Waals surface area contributed by atoms with Gasteiger partial charge < -0.3 is 15.0 Å². The van der Waals surface area contributed by atoms with Crippen LogP contribution in [0.4, 0.5) is 0 Å². The van der Waals surface area contributed by atoms with Gasteiger partial charge in [-0.2, -0.15) is 5.26 Å². The molecule has 1 atom stereocenters. The molecule has 0 bridgehead atoms. The van der Waals surface area contributed by atoms with E-state index < -0.39 is 6.04 Å². The second kappa shape index (κ2) is 9.38. The van der Waals surface area contributed by atoms with Crippen LogP contribution in [0, 0.1) is 11.3 Å². The highest BCUT2D eigenvalue weighted by Crippen LogP contribution is 2.15. The third-order valence-electron chi connectivity index (χ3n) is 3.29. The lowest BCUT2D eigenvalue weighted by Gasteiger charge is -2.22. The maximum absolute atomic E-state index is 12.2. The van der Waals surface area contributed by atoms with E-state index in [0.717, 1.165) is 5.56 Å². The Labute approximate surface area is 136 Å². The molecule has 23 heavy (non-hydrogen) atoms. The average molecular weight is 315 g/mol. The van der Waals surface area contributed by atoms with Crippen molar-refractivity contribution < 1.29 is 14.3 Å². The molecule has 0 heterocycles. The summed E-state index contributed by atoms with van der Waals surface area (Å²) in [5.41, 5.74) is 1.28. The second-order valence-electron chi connectivity index (χ2n) is 4.87. The quantitative estimate of drug-likeness (QED) is 0.735. The summed E-state index contributed by atoms with van der Waals surface area (Å²) in [6, 6.07) is 8.64. The number of nitrogens with one attached hydrogen (secondary N) is 1. The van der Waals surface area contributed by atoms with E-state index in [-0.39, 0.29) is 25.0 Å². The molecule has 122 valence electrons. The van der Waals surface area contributed by atoms with Gasteiger partial charge in [0.15, 0.2) is 0 Å². The van der Waals surface area contributed by atoms with Gasteiger partial charge in [-0.15, -0.1) is 0 Å². The predicted octanol–water partition coefficient (Wildman–Crippen LogP) is 1.40. The van der Waals surface area contributed by atoms with Gasteiger partial charge in [0.05, 0.1) is 30.8 Å². The Balaban J connectivity index is 2.82. The van der Waals surface area contributed by atoms with Gasteiger partial charge in [-0.1, -0.05) is 18.7 Å². The molecule has 0 saturated heterocycles. The number of benzene rings is 1. The summed E-state index contributed by atoms with van der Waals surface area (Å²) in [5, 5.41) is 11.8. The first-order valence-electron chi connectivity index (χ1n) is 7.25. The first-order chi connectivity index (χ1) is 11.0. The van der Waals surface area contributed by atoms with Crippen LogP contribution in [-0.2, 0) is 14.3 Å². The molecule has 1 unspecified atom stereocenters. The molecule has 1 aromatic carbocycles. The van der Waals surface area contributed by atoms with E-state index in [2.05, 4.69) is 18.0 Å². The zero-order valence-electron chi connectivity index (χ0n) is 13.4. The molecule has 2 amide bonds. The molecule has 0 radical (unpaired) electrons. The van der Waals surface area contributed by atoms with Crippen molar-refractivity contribution in [2.45, 2.75) is 13.0 Å². The summed E-state index contributed by atoms with van der Waals surface area (Å²) in [5.74, 6) is -0.594. The lowest BCUT2D eigenvalue weighted by atomic mass is 10.0. The van der Waals surface area contributed by atoms with Crippen LogP contribution in [0.1, 0.15) is 24.1 Å². The van der Waals surface area contributed by atoms with Crippen molar-refractivity contribution in [3.05, 3.63) is 48.0 Å². The fourth-order valence-electron chi connectivity index (χ4n) is 2.10. The Hall–Kier alpha value is -2.65. The van der Waals surface area contributed by atoms with Gasteiger partial charge in [-0.25, -0.2) is 0 Å². The normalized spacial score (nSPS) is 11.2. The number of nitrogens with zero attached hydrogens (tertiary/aromatic N) is 2. The Morgan fingerprint density at radius 3 is 2.83 bits per heavy atom. The number of carbonyl (C=O) groups is 2. The number of rotatable bonds is 8. The monoisotopic (exact) mass is 315 g/mol. The van der Waals surface area contributed by atoms with E-state index in [9.17, 15) is 9.59 Å². The Morgan fingerprint density at radius 1 is 1.52 bits per heavy atom. The molecule has 0 spiro atoms. The van der Waals surface area contributed by atoms with Crippen LogP contribution >= 0.6 is 0 Å². The van der Waals surface area contributed by atoms with Crippen LogP contribution in [0.5, 0.6) is 0 Å². The predicted molar refractivity (Wildman–Crippen MR) is 86.4 cm³/mol. The van der Waals surface area contributed by atoms with Crippen LogP contribution in [0.25, 0.3) is 0 Å². The molecule has 6 nitrogen and oxygen atoms in total. The number of hydrogen-bond acceptors (Lipinski definition) is 4. The number of carbonyl (C=O) groups excluding carboxylic acids is 2. The van der Waals surface area contributed by atoms with Crippen LogP contribution < -0.4 is 5.32 Å². The van der Waals surface area contributed by atoms with E-state index in [4.69, 9.17) is 10.00 Å². The maximum Gasteiger partial charge on any atom is 0.246 e. The van der Waals surface area contributed by atoms with Crippen molar-refractivity contribution >= 4 is 11.8 Å². The van der Waals surface area contributed by atoms with Crippen LogP contribution in [0.2, 0.25) is 0 Å². The second-order valence-corrected chi connectivity index (χ2v) is 4.87. The van der Waals surface area contributed by atoms with Crippen molar-refractivity contribution in [3.8, 4) is 6.07 Å². The molecule has 1 rings (SSSR count). The number of methoxy groups -OCH3 is 1. The van der Waals surface area contributed by atoms with Gasteiger partial charge in [0, 0.05) is 13.7 Å². The van der Waals surface area contributed by atoms with Gasteiger partial charge in [0.1, 0.15) is 0 Å². The third-order valence-corrected chi connectivity index (χ3v) is 3.29. The van der Waals surface area contributed by atoms with Gasteiger partial charge in [0.2, 0.25) is 11.8 Å². The zero-order chi connectivity index (χ0) is 17.2. The Morgan fingerprint density at radius 2 is 2.26 bits per heavy atom. The molecule has 1 aromatic rings. The summed E-state index contributed by atoms with van der Waals surface area (Å²) < 4.78 is 5.14. The van der Waals surface area contributed by atoms with Gasteiger partial charge in [0.25, 0.3) is 0 Å². The topological polar surface area (TPSA) is 82.4 Å². The van der Waals surface area contributed by atoms with Gasteiger partial charge >= 0.3 is 0 Å². The highest BCUT2D eigenvalue weighted by Gasteiger charge is 2.18. The molecule has 0 saturated carbocycles. The molecular formula is C17H21N3O3. The SMILES string of the molecule is C=CC(=O)N(CC)CC(=O)NC(COC)c1cccc(C#N)c1. The summed E-state index contributed by atoms with van der Waals surface area (Å²) >= 11 is 0. The van der Waals surface area contributed by atoms with Crippen molar-refractivity contribution in [2.75, 3.05) is 26.8 Å². The standard InChI is InChI=1S/C17H21N3O3/c1-4-17(22)20(5-2)11-16(21)19-15(12-23-3)14-8-6-7-13(9-14)10-18/h4,6-9,15H,1,5,11-12H2,2-3H3,(H,19,21). The third kappa shape index (κ3) is 5.57. The van der Waals surface area contributed by atoms with Crippen molar-refractivity contribution in [3.63, 3.8) is 0 Å². The van der Waals surface area contributed by atoms with E-state index in [1.807, 2.05) is 6.07 Å². The van der Waals surface area contributed by atoms with E-state index >= 15 is 0 Å². The van der Waals surface area contributed by atoms with Crippen LogP contribution in [-0.4, -0.2) is 43.5 Å². The van der Waals surface area contributed by atoms with Crippen molar-refractivity contribution in [1.82, 2.24) is 10.2 Å². The van der Waals surface area contributed by atoms with Crippen molar-refractivity contribution in [1.29, 1.82) is 5.26 Å². The number of nitriles is 1. The van der Waals surface area contributed by atoms with Crippen molar-refractivity contribution in [2.24, 2.45) is 0 Å². The highest BCUT2D eigenvalue weighted by molar-refractivity contribution is 5.90. The fourth-order valence-corrected chi connectivity index (χ4v) is 2.10. The van der Waals surface area contributed by atoms with Crippen LogP contribution in [0.3, 0.4) is 0 Å². The minimum atomic E-state index is -0.390. The molecule has 6 heteroatoms. The first kappa shape index (κ1) is 18.4. The van der Waals surface area contributed by atoms with E-state index in [1.54, 1.807) is 25.1 Å². The van der Waals surface area contributed by atoms with E-state index in [0.29, 0.717) is 12.1 Å². The smallest absolute Gasteiger partial charge is 0.246 e. The molecule has 0 aromatic heterocycles. The number of amides is 2. The average Bonchev–Trinajstić information content (AvgIpc) is 2.58.